The van der Waals surface area contributed by atoms with E-state index in [1.807, 2.05) is 29.2 Å². The maximum atomic E-state index is 12.4. The molecular formula is C19H22N2O2. The number of hydrogen-bond acceptors (Lipinski definition) is 2. The van der Waals surface area contributed by atoms with Gasteiger partial charge >= 0.3 is 6.03 Å². The zero-order valence-electron chi connectivity index (χ0n) is 13.4. The van der Waals surface area contributed by atoms with Crippen LogP contribution in [0.25, 0.3) is 0 Å². The molecule has 0 saturated heterocycles. The fourth-order valence-electron chi connectivity index (χ4n) is 2.95. The molecule has 0 aromatic heterocycles. The van der Waals surface area contributed by atoms with Crippen molar-refractivity contribution < 1.29 is 9.53 Å². The lowest BCUT2D eigenvalue weighted by molar-refractivity contribution is 0.184. The van der Waals surface area contributed by atoms with Crippen molar-refractivity contribution in [1.29, 1.82) is 0 Å². The van der Waals surface area contributed by atoms with Gasteiger partial charge in [0.05, 0.1) is 6.61 Å². The minimum absolute atomic E-state index is 0.00310. The first kappa shape index (κ1) is 15.6. The van der Waals surface area contributed by atoms with Gasteiger partial charge in [0, 0.05) is 26.7 Å². The molecular weight excluding hydrogens is 288 g/mol. The maximum absolute atomic E-state index is 12.4. The molecule has 0 atom stereocenters. The van der Waals surface area contributed by atoms with Crippen LogP contribution in [0.4, 0.5) is 4.79 Å². The number of hydrogen-bond donors (Lipinski definition) is 1. The van der Waals surface area contributed by atoms with Gasteiger partial charge in [-0.05, 0) is 28.7 Å². The van der Waals surface area contributed by atoms with Crippen LogP contribution in [0.3, 0.4) is 0 Å². The van der Waals surface area contributed by atoms with E-state index in [2.05, 4.69) is 29.6 Å². The molecule has 3 rings (SSSR count). The van der Waals surface area contributed by atoms with E-state index >= 15 is 0 Å². The number of nitrogens with zero attached hydrogens (tertiary/aromatic N) is 1. The van der Waals surface area contributed by atoms with Crippen LogP contribution in [-0.2, 0) is 30.9 Å². The van der Waals surface area contributed by atoms with Crippen LogP contribution in [-0.4, -0.2) is 24.6 Å². The molecule has 0 bridgehead atoms. The quantitative estimate of drug-likeness (QED) is 0.943. The summed E-state index contributed by atoms with van der Waals surface area (Å²) in [6.07, 6.45) is 0.924. The Balaban J connectivity index is 1.57. The van der Waals surface area contributed by atoms with E-state index < -0.39 is 0 Å². The minimum Gasteiger partial charge on any atom is -0.380 e. The van der Waals surface area contributed by atoms with E-state index in [-0.39, 0.29) is 6.03 Å². The van der Waals surface area contributed by atoms with Crippen molar-refractivity contribution in [3.8, 4) is 0 Å². The van der Waals surface area contributed by atoms with Crippen LogP contribution < -0.4 is 5.32 Å². The van der Waals surface area contributed by atoms with Crippen molar-refractivity contribution in [1.82, 2.24) is 10.2 Å². The van der Waals surface area contributed by atoms with E-state index in [0.29, 0.717) is 19.7 Å². The predicted octanol–water partition coefficient (Wildman–Crippen LogP) is 3.10. The largest absolute Gasteiger partial charge is 0.380 e. The Morgan fingerprint density at radius 3 is 2.74 bits per heavy atom. The molecule has 1 N–H and O–H groups in total. The van der Waals surface area contributed by atoms with Crippen LogP contribution in [0.2, 0.25) is 0 Å². The molecule has 2 aromatic carbocycles. The number of nitrogens with one attached hydrogen (secondary N) is 1. The molecule has 2 aromatic rings. The third-order valence-electron chi connectivity index (χ3n) is 4.16. The number of urea groups is 1. The zero-order valence-corrected chi connectivity index (χ0v) is 13.4. The first-order valence-electron chi connectivity index (χ1n) is 7.92. The van der Waals surface area contributed by atoms with Crippen LogP contribution in [0, 0.1) is 0 Å². The van der Waals surface area contributed by atoms with Crippen molar-refractivity contribution in [3.63, 3.8) is 0 Å². The minimum atomic E-state index is -0.00310. The second kappa shape index (κ2) is 7.29. The Morgan fingerprint density at radius 2 is 1.91 bits per heavy atom. The summed E-state index contributed by atoms with van der Waals surface area (Å²) in [7, 11) is 1.68. The molecule has 0 spiro atoms. The number of ether oxygens (including phenoxy) is 1. The van der Waals surface area contributed by atoms with Gasteiger partial charge in [-0.1, -0.05) is 48.5 Å². The molecule has 0 fully saturated rings. The third-order valence-corrected chi connectivity index (χ3v) is 4.16. The second-order valence-corrected chi connectivity index (χ2v) is 5.85. The van der Waals surface area contributed by atoms with Gasteiger partial charge < -0.3 is 15.0 Å². The number of methoxy groups -OCH3 is 1. The third kappa shape index (κ3) is 3.90. The van der Waals surface area contributed by atoms with E-state index in [4.69, 9.17) is 4.74 Å². The topological polar surface area (TPSA) is 41.6 Å². The zero-order chi connectivity index (χ0) is 16.1. The van der Waals surface area contributed by atoms with Gasteiger partial charge in [-0.3, -0.25) is 0 Å². The lowest BCUT2D eigenvalue weighted by atomic mass is 10.0. The van der Waals surface area contributed by atoms with Gasteiger partial charge in [0.2, 0.25) is 0 Å². The van der Waals surface area contributed by atoms with Gasteiger partial charge in [-0.2, -0.15) is 0 Å². The Hall–Kier alpha value is -2.33. The fraction of sp³-hybridized carbons (Fsp3) is 0.316. The second-order valence-electron chi connectivity index (χ2n) is 5.85. The lowest BCUT2D eigenvalue weighted by Crippen LogP contribution is -2.42. The molecule has 23 heavy (non-hydrogen) atoms. The molecule has 1 aliphatic rings. The van der Waals surface area contributed by atoms with Crippen LogP contribution in [0.15, 0.2) is 48.5 Å². The van der Waals surface area contributed by atoms with E-state index in [1.54, 1.807) is 7.11 Å². The number of carbonyl (C=O) groups is 1. The highest BCUT2D eigenvalue weighted by atomic mass is 16.5. The first-order valence-corrected chi connectivity index (χ1v) is 7.92. The Labute approximate surface area is 137 Å². The number of amides is 2. The predicted molar refractivity (Wildman–Crippen MR) is 89.9 cm³/mol. The smallest absolute Gasteiger partial charge is 0.317 e. The summed E-state index contributed by atoms with van der Waals surface area (Å²) in [5, 5.41) is 3.01. The number of carbonyl (C=O) groups excluding carboxylic acids is 1. The monoisotopic (exact) mass is 310 g/mol. The van der Waals surface area contributed by atoms with Crippen molar-refractivity contribution in [2.24, 2.45) is 0 Å². The van der Waals surface area contributed by atoms with Gasteiger partial charge in [0.25, 0.3) is 0 Å². The molecule has 4 nitrogen and oxygen atoms in total. The highest BCUT2D eigenvalue weighted by Gasteiger charge is 2.19. The SMILES string of the molecule is COCc1cccc(CNC(=O)N2CCc3ccccc3C2)c1. The van der Waals surface area contributed by atoms with E-state index in [1.165, 1.54) is 11.1 Å². The fourth-order valence-corrected chi connectivity index (χ4v) is 2.95. The Kier molecular flexibility index (Phi) is 4.93. The van der Waals surface area contributed by atoms with Crippen LogP contribution in [0.1, 0.15) is 22.3 Å². The number of fused-ring (bicyclic) bond motifs is 1. The summed E-state index contributed by atoms with van der Waals surface area (Å²) in [5.41, 5.74) is 4.80. The molecule has 1 heterocycles. The average Bonchev–Trinajstić information content (AvgIpc) is 2.60. The molecule has 120 valence electrons. The van der Waals surface area contributed by atoms with Crippen LogP contribution >= 0.6 is 0 Å². The highest BCUT2D eigenvalue weighted by Crippen LogP contribution is 2.18. The van der Waals surface area contributed by atoms with Gasteiger partial charge in [0.15, 0.2) is 0 Å². The number of benzene rings is 2. The molecule has 0 saturated carbocycles. The molecule has 4 heteroatoms. The van der Waals surface area contributed by atoms with Gasteiger partial charge in [-0.25, -0.2) is 4.79 Å². The van der Waals surface area contributed by atoms with E-state index in [9.17, 15) is 4.79 Å². The number of rotatable bonds is 4. The van der Waals surface area contributed by atoms with Crippen molar-refractivity contribution in [3.05, 3.63) is 70.8 Å². The van der Waals surface area contributed by atoms with Gasteiger partial charge in [0.1, 0.15) is 0 Å². The molecule has 0 radical (unpaired) electrons. The standard InChI is InChI=1S/C19H22N2O2/c1-23-14-16-6-4-5-15(11-16)12-20-19(22)21-10-9-17-7-2-3-8-18(17)13-21/h2-8,11H,9-10,12-14H2,1H3,(H,20,22). The normalized spacial score (nSPS) is 13.5. The van der Waals surface area contributed by atoms with Crippen molar-refractivity contribution in [2.45, 2.75) is 26.1 Å². The maximum Gasteiger partial charge on any atom is 0.317 e. The molecule has 1 aliphatic heterocycles. The Morgan fingerprint density at radius 1 is 1.13 bits per heavy atom. The van der Waals surface area contributed by atoms with E-state index in [0.717, 1.165) is 24.1 Å². The average molecular weight is 310 g/mol. The highest BCUT2D eigenvalue weighted by molar-refractivity contribution is 5.74. The summed E-state index contributed by atoms with van der Waals surface area (Å²) in [6, 6.07) is 16.4. The summed E-state index contributed by atoms with van der Waals surface area (Å²) in [6.45, 7) is 2.58. The summed E-state index contributed by atoms with van der Waals surface area (Å²) in [5.74, 6) is 0. The van der Waals surface area contributed by atoms with Crippen molar-refractivity contribution >= 4 is 6.03 Å². The summed E-state index contributed by atoms with van der Waals surface area (Å²) < 4.78 is 5.14. The lowest BCUT2D eigenvalue weighted by Gasteiger charge is -2.29. The molecule has 0 aliphatic carbocycles. The van der Waals surface area contributed by atoms with Crippen LogP contribution in [0.5, 0.6) is 0 Å². The van der Waals surface area contributed by atoms with Crippen molar-refractivity contribution in [2.75, 3.05) is 13.7 Å². The Bertz CT molecular complexity index is 685. The first-order chi connectivity index (χ1) is 11.3. The molecule has 0 unspecified atom stereocenters. The summed E-state index contributed by atoms with van der Waals surface area (Å²) >= 11 is 0. The molecule has 2 amide bonds. The summed E-state index contributed by atoms with van der Waals surface area (Å²) in [4.78, 5) is 14.3. The van der Waals surface area contributed by atoms with Gasteiger partial charge in [-0.15, -0.1) is 0 Å².